The van der Waals surface area contributed by atoms with E-state index in [0.717, 1.165) is 21.9 Å². The van der Waals surface area contributed by atoms with E-state index in [1.807, 2.05) is 92.7 Å². The van der Waals surface area contributed by atoms with E-state index in [1.54, 1.807) is 16.7 Å². The van der Waals surface area contributed by atoms with Crippen LogP contribution in [0.3, 0.4) is 0 Å². The molecule has 4 aromatic carbocycles. The lowest BCUT2D eigenvalue weighted by Crippen LogP contribution is -2.39. The average molecular weight is 621 g/mol. The molecule has 228 valence electrons. The van der Waals surface area contributed by atoms with Gasteiger partial charge in [0, 0.05) is 11.8 Å². The molecule has 1 aliphatic heterocycles. The summed E-state index contributed by atoms with van der Waals surface area (Å²) >= 11 is 1.25. The minimum absolute atomic E-state index is 0.236. The van der Waals surface area contributed by atoms with Crippen LogP contribution >= 0.6 is 11.3 Å². The number of hydrogen-bond donors (Lipinski definition) is 0. The average Bonchev–Trinajstić information content (AvgIpc) is 3.39. The minimum atomic E-state index is -0.785. The van der Waals surface area contributed by atoms with Gasteiger partial charge in [0.05, 0.1) is 36.5 Å². The van der Waals surface area contributed by atoms with Crippen molar-refractivity contribution in [2.75, 3.05) is 20.3 Å². The molecule has 9 heteroatoms. The van der Waals surface area contributed by atoms with Gasteiger partial charge in [0.1, 0.15) is 12.4 Å². The van der Waals surface area contributed by atoms with Crippen LogP contribution in [0.15, 0.2) is 106 Å². The maximum absolute atomic E-state index is 14.3. The molecule has 1 atom stereocenters. The van der Waals surface area contributed by atoms with Crippen molar-refractivity contribution >= 4 is 34.2 Å². The lowest BCUT2D eigenvalue weighted by atomic mass is 9.97. The van der Waals surface area contributed by atoms with Gasteiger partial charge in [-0.2, -0.15) is 0 Å². The Kier molecular flexibility index (Phi) is 8.79. The summed E-state index contributed by atoms with van der Waals surface area (Å²) in [6.07, 6.45) is 3.34. The van der Waals surface area contributed by atoms with E-state index in [0.29, 0.717) is 52.0 Å². The van der Waals surface area contributed by atoms with Crippen molar-refractivity contribution < 1.29 is 23.7 Å². The number of thiazole rings is 1. The van der Waals surface area contributed by atoms with Gasteiger partial charge in [-0.1, -0.05) is 78.1 Å². The zero-order chi connectivity index (χ0) is 31.3. The Hall–Kier alpha value is -5.15. The maximum atomic E-state index is 14.3. The number of benzene rings is 4. The van der Waals surface area contributed by atoms with Gasteiger partial charge in [0.15, 0.2) is 16.3 Å². The highest BCUT2D eigenvalue weighted by molar-refractivity contribution is 7.07. The number of rotatable bonds is 10. The second-order valence-corrected chi connectivity index (χ2v) is 11.2. The summed E-state index contributed by atoms with van der Waals surface area (Å²) in [5, 5.41) is 1.97. The number of hydrogen-bond acceptors (Lipinski definition) is 8. The first-order valence-corrected chi connectivity index (χ1v) is 15.5. The van der Waals surface area contributed by atoms with Gasteiger partial charge in [-0.25, -0.2) is 9.79 Å². The Bertz CT molecular complexity index is 2080. The monoisotopic (exact) mass is 620 g/mol. The van der Waals surface area contributed by atoms with Gasteiger partial charge in [0.25, 0.3) is 5.56 Å². The lowest BCUT2D eigenvalue weighted by molar-refractivity contribution is -0.136. The molecule has 6 rings (SSSR count). The normalized spacial score (nSPS) is 14.3. The number of nitrogens with zero attached hydrogens (tertiary/aromatic N) is 2. The van der Waals surface area contributed by atoms with Gasteiger partial charge in [0.2, 0.25) is 0 Å². The number of carbonyl (C=O) groups is 1. The molecule has 0 bridgehead atoms. The highest BCUT2D eigenvalue weighted by Gasteiger charge is 2.31. The molecule has 0 spiro atoms. The van der Waals surface area contributed by atoms with Crippen molar-refractivity contribution in [3.63, 3.8) is 0 Å². The molecule has 0 aliphatic carbocycles. The van der Waals surface area contributed by atoms with Crippen LogP contribution in [-0.2, 0) is 16.1 Å². The molecule has 0 fully saturated rings. The number of fused-ring (bicyclic) bond motifs is 2. The summed E-state index contributed by atoms with van der Waals surface area (Å²) in [7, 11) is 1.31. The fourth-order valence-corrected chi connectivity index (χ4v) is 6.36. The van der Waals surface area contributed by atoms with Gasteiger partial charge < -0.3 is 18.9 Å². The molecule has 0 saturated heterocycles. The van der Waals surface area contributed by atoms with Crippen LogP contribution in [0.5, 0.6) is 17.2 Å². The first kappa shape index (κ1) is 29.9. The van der Waals surface area contributed by atoms with E-state index < -0.39 is 12.0 Å². The van der Waals surface area contributed by atoms with E-state index in [-0.39, 0.29) is 11.1 Å². The molecule has 0 saturated carbocycles. The van der Waals surface area contributed by atoms with Crippen molar-refractivity contribution in [1.82, 2.24) is 4.57 Å². The summed E-state index contributed by atoms with van der Waals surface area (Å²) in [6, 6.07) is 26.5. The zero-order valence-corrected chi connectivity index (χ0v) is 26.0. The van der Waals surface area contributed by atoms with Gasteiger partial charge in [-0.15, -0.1) is 0 Å². The number of aromatic nitrogens is 1. The van der Waals surface area contributed by atoms with Crippen LogP contribution in [0.4, 0.5) is 0 Å². The molecular weight excluding hydrogens is 588 g/mol. The van der Waals surface area contributed by atoms with Crippen LogP contribution in [0.1, 0.15) is 36.6 Å². The van der Waals surface area contributed by atoms with Crippen LogP contribution < -0.4 is 29.1 Å². The highest BCUT2D eigenvalue weighted by atomic mass is 32.1. The third-order valence-electron chi connectivity index (χ3n) is 7.45. The number of methoxy groups -OCH3 is 1. The van der Waals surface area contributed by atoms with Crippen molar-refractivity contribution in [2.45, 2.75) is 26.5 Å². The maximum Gasteiger partial charge on any atom is 0.337 e. The third kappa shape index (κ3) is 5.99. The van der Waals surface area contributed by atoms with E-state index in [4.69, 9.17) is 18.9 Å². The molecule has 0 radical (unpaired) electrons. The quantitative estimate of drug-likeness (QED) is 0.190. The first-order chi connectivity index (χ1) is 22.0. The molecule has 0 amide bonds. The Balaban J connectivity index is 1.51. The second kappa shape index (κ2) is 13.2. The Morgan fingerprint density at radius 2 is 1.62 bits per heavy atom. The Morgan fingerprint density at radius 1 is 0.889 bits per heavy atom. The van der Waals surface area contributed by atoms with E-state index in [2.05, 4.69) is 4.99 Å². The molecule has 1 aromatic heterocycles. The SMILES string of the molecule is CCOc1ccc([C@@H]2C(C(=O)OC)=CN=c3s/c(=C/c4c(OCc5ccccc5)ccc5ccccc45)c(=O)n32)cc1OCC. The van der Waals surface area contributed by atoms with Crippen LogP contribution in [-0.4, -0.2) is 30.9 Å². The predicted molar refractivity (Wildman–Crippen MR) is 175 cm³/mol. The number of carbonyl (C=O) groups excluding carboxylic acids is 1. The molecule has 5 aromatic rings. The molecular formula is C36H32N2O6S. The molecule has 8 nitrogen and oxygen atoms in total. The van der Waals surface area contributed by atoms with Gasteiger partial charge in [-0.3, -0.25) is 9.36 Å². The van der Waals surface area contributed by atoms with Crippen molar-refractivity contribution in [2.24, 2.45) is 4.99 Å². The molecule has 0 N–H and O–H groups in total. The second-order valence-electron chi connectivity index (χ2n) is 10.2. The van der Waals surface area contributed by atoms with Crippen molar-refractivity contribution in [3.05, 3.63) is 133 Å². The fraction of sp³-hybridized carbons (Fsp3) is 0.194. The van der Waals surface area contributed by atoms with Gasteiger partial charge >= 0.3 is 5.97 Å². The minimum Gasteiger partial charge on any atom is -0.490 e. The summed E-state index contributed by atoms with van der Waals surface area (Å²) in [5.41, 5.74) is 2.44. The predicted octanol–water partition coefficient (Wildman–Crippen LogP) is 5.55. The summed E-state index contributed by atoms with van der Waals surface area (Å²) in [6.45, 7) is 5.05. The standard InChI is InChI=1S/C36H32N2O6S/c1-4-42-30-18-16-25(19-31(30)43-5-2)33-28(35(40)41-3)21-37-36-38(33)34(39)32(45-36)20-27-26-14-10-9-13-24(26)15-17-29(27)44-22-23-11-7-6-8-12-23/h6-21,33H,4-5,22H2,1-3H3/b32-20+/t33-/m1/s1. The largest absolute Gasteiger partial charge is 0.490 e. The van der Waals surface area contributed by atoms with Crippen LogP contribution in [0, 0.1) is 0 Å². The summed E-state index contributed by atoms with van der Waals surface area (Å²) < 4.78 is 25.0. The van der Waals surface area contributed by atoms with Crippen LogP contribution in [0.2, 0.25) is 0 Å². The van der Waals surface area contributed by atoms with E-state index >= 15 is 0 Å². The van der Waals surface area contributed by atoms with E-state index in [1.165, 1.54) is 24.6 Å². The number of ether oxygens (including phenoxy) is 4. The third-order valence-corrected chi connectivity index (χ3v) is 8.45. The highest BCUT2D eigenvalue weighted by Crippen LogP contribution is 2.35. The smallest absolute Gasteiger partial charge is 0.337 e. The molecule has 2 heterocycles. The zero-order valence-electron chi connectivity index (χ0n) is 25.2. The van der Waals surface area contributed by atoms with Crippen LogP contribution in [0.25, 0.3) is 16.8 Å². The van der Waals surface area contributed by atoms with E-state index in [9.17, 15) is 9.59 Å². The molecule has 1 aliphatic rings. The Labute approximate surface area is 264 Å². The number of esters is 1. The van der Waals surface area contributed by atoms with Crippen molar-refractivity contribution in [3.8, 4) is 17.2 Å². The first-order valence-electron chi connectivity index (χ1n) is 14.7. The Morgan fingerprint density at radius 3 is 2.40 bits per heavy atom. The van der Waals surface area contributed by atoms with Gasteiger partial charge in [-0.05, 0) is 60.0 Å². The molecule has 0 unspecified atom stereocenters. The fourth-order valence-electron chi connectivity index (χ4n) is 5.40. The summed E-state index contributed by atoms with van der Waals surface area (Å²) in [5.74, 6) is 1.19. The topological polar surface area (TPSA) is 88.4 Å². The summed E-state index contributed by atoms with van der Waals surface area (Å²) in [4.78, 5) is 32.2. The molecule has 45 heavy (non-hydrogen) atoms. The van der Waals surface area contributed by atoms with Crippen molar-refractivity contribution in [1.29, 1.82) is 0 Å². The lowest BCUT2D eigenvalue weighted by Gasteiger charge is -2.23.